The lowest BCUT2D eigenvalue weighted by Crippen LogP contribution is -2.37. The van der Waals surface area contributed by atoms with Gasteiger partial charge in [0.15, 0.2) is 5.96 Å². The van der Waals surface area contributed by atoms with Crippen LogP contribution in [-0.4, -0.2) is 19.6 Å². The lowest BCUT2D eigenvalue weighted by Gasteiger charge is -2.12. The van der Waals surface area contributed by atoms with Crippen LogP contribution in [0.15, 0.2) is 40.7 Å². The summed E-state index contributed by atoms with van der Waals surface area (Å²) in [7, 11) is 1.68. The molecule has 0 saturated carbocycles. The molecule has 0 atom stereocenters. The molecule has 4 nitrogen and oxygen atoms in total. The molecular weight excluding hydrogens is 426 g/mol. The second kappa shape index (κ2) is 10.2. The molecule has 1 aromatic heterocycles. The fraction of sp³-hybridized carbons (Fsp3) is 0.250. The maximum Gasteiger partial charge on any atom is 0.191 e. The van der Waals surface area contributed by atoms with E-state index in [1.54, 1.807) is 30.5 Å². The van der Waals surface area contributed by atoms with Gasteiger partial charge in [0.25, 0.3) is 0 Å². The number of hydrogen-bond acceptors (Lipinski definition) is 3. The van der Waals surface area contributed by atoms with Gasteiger partial charge in [-0.3, -0.25) is 4.99 Å². The van der Waals surface area contributed by atoms with Gasteiger partial charge in [-0.05, 0) is 30.0 Å². The molecule has 0 aliphatic rings. The molecule has 1 heterocycles. The third-order valence-electron chi connectivity index (χ3n) is 3.10. The summed E-state index contributed by atoms with van der Waals surface area (Å²) in [5, 5.41) is 17.0. The average Bonchev–Trinajstić information content (AvgIpc) is 3.05. The fourth-order valence-electron chi connectivity index (χ4n) is 1.92. The molecule has 2 N–H and O–H groups in total. The molecule has 0 fully saturated rings. The van der Waals surface area contributed by atoms with Gasteiger partial charge in [-0.25, -0.2) is 4.39 Å². The minimum atomic E-state index is -0.388. The molecule has 0 aliphatic carbocycles. The van der Waals surface area contributed by atoms with E-state index in [2.05, 4.69) is 27.1 Å². The molecule has 0 aliphatic heterocycles. The van der Waals surface area contributed by atoms with Crippen molar-refractivity contribution in [2.75, 3.05) is 13.6 Å². The van der Waals surface area contributed by atoms with Crippen LogP contribution in [0.4, 0.5) is 4.39 Å². The topological polar surface area (TPSA) is 60.2 Å². The van der Waals surface area contributed by atoms with Crippen LogP contribution in [-0.2, 0) is 13.0 Å². The minimum absolute atomic E-state index is 0. The van der Waals surface area contributed by atoms with Gasteiger partial charge in [-0.1, -0.05) is 12.1 Å². The SMILES string of the molecule is CN=C(NCCc1cccs1)NCc1ccc(C#N)cc1F.I. The second-order valence-electron chi connectivity index (χ2n) is 4.60. The van der Waals surface area contributed by atoms with Crippen LogP contribution in [0.5, 0.6) is 0 Å². The van der Waals surface area contributed by atoms with Crippen molar-refractivity contribution in [2.45, 2.75) is 13.0 Å². The van der Waals surface area contributed by atoms with Gasteiger partial charge in [-0.15, -0.1) is 35.3 Å². The van der Waals surface area contributed by atoms with E-state index < -0.39 is 0 Å². The third-order valence-corrected chi connectivity index (χ3v) is 4.03. The summed E-state index contributed by atoms with van der Waals surface area (Å²) in [5.74, 6) is 0.237. The zero-order valence-corrected chi connectivity index (χ0v) is 15.8. The van der Waals surface area contributed by atoms with Crippen LogP contribution >= 0.6 is 35.3 Å². The summed E-state index contributed by atoms with van der Waals surface area (Å²) >= 11 is 1.72. The van der Waals surface area contributed by atoms with Crippen molar-refractivity contribution < 1.29 is 4.39 Å². The van der Waals surface area contributed by atoms with Gasteiger partial charge in [0.1, 0.15) is 5.82 Å². The van der Waals surface area contributed by atoms with Crippen LogP contribution in [0.3, 0.4) is 0 Å². The molecule has 2 rings (SSSR count). The van der Waals surface area contributed by atoms with Gasteiger partial charge in [0.05, 0.1) is 11.6 Å². The Morgan fingerprint density at radius 2 is 2.17 bits per heavy atom. The van der Waals surface area contributed by atoms with E-state index in [4.69, 9.17) is 5.26 Å². The number of nitrogens with zero attached hydrogens (tertiary/aromatic N) is 2. The normalized spacial score (nSPS) is 10.6. The molecule has 23 heavy (non-hydrogen) atoms. The van der Waals surface area contributed by atoms with Gasteiger partial charge >= 0.3 is 0 Å². The van der Waals surface area contributed by atoms with E-state index in [-0.39, 0.29) is 29.8 Å². The second-order valence-corrected chi connectivity index (χ2v) is 5.63. The highest BCUT2D eigenvalue weighted by atomic mass is 127. The van der Waals surface area contributed by atoms with Gasteiger partial charge in [0.2, 0.25) is 0 Å². The number of benzene rings is 1. The summed E-state index contributed by atoms with van der Waals surface area (Å²) < 4.78 is 13.8. The van der Waals surface area contributed by atoms with Crippen molar-refractivity contribution in [3.05, 3.63) is 57.5 Å². The first kappa shape index (κ1) is 19.4. The van der Waals surface area contributed by atoms with Crippen LogP contribution in [0.25, 0.3) is 0 Å². The molecule has 0 unspecified atom stereocenters. The molecular formula is C16H18FIN4S. The van der Waals surface area contributed by atoms with E-state index in [9.17, 15) is 4.39 Å². The van der Waals surface area contributed by atoms with Crippen molar-refractivity contribution in [2.24, 2.45) is 4.99 Å². The molecule has 122 valence electrons. The minimum Gasteiger partial charge on any atom is -0.356 e. The maximum atomic E-state index is 13.8. The number of nitriles is 1. The number of aliphatic imine (C=N–C) groups is 1. The molecule has 0 amide bonds. The highest BCUT2D eigenvalue weighted by Crippen LogP contribution is 2.10. The van der Waals surface area contributed by atoms with Crippen LogP contribution in [0.1, 0.15) is 16.0 Å². The molecule has 0 spiro atoms. The third kappa shape index (κ3) is 6.15. The van der Waals surface area contributed by atoms with Gasteiger partial charge < -0.3 is 10.6 Å². The fourth-order valence-corrected chi connectivity index (χ4v) is 2.63. The van der Waals surface area contributed by atoms with Gasteiger partial charge in [0, 0.05) is 30.6 Å². The molecule has 2 aromatic rings. The van der Waals surface area contributed by atoms with Crippen LogP contribution in [0.2, 0.25) is 0 Å². The number of hydrogen-bond donors (Lipinski definition) is 2. The van der Waals surface area contributed by atoms with E-state index in [0.29, 0.717) is 23.6 Å². The Labute approximate surface area is 156 Å². The first-order chi connectivity index (χ1) is 10.7. The van der Waals surface area contributed by atoms with Crippen LogP contribution < -0.4 is 10.6 Å². The van der Waals surface area contributed by atoms with E-state index in [1.807, 2.05) is 12.1 Å². The molecule has 0 saturated heterocycles. The predicted octanol–water partition coefficient (Wildman–Crippen LogP) is 3.28. The van der Waals surface area contributed by atoms with E-state index >= 15 is 0 Å². The Kier molecular flexibility index (Phi) is 8.58. The lowest BCUT2D eigenvalue weighted by atomic mass is 10.1. The lowest BCUT2D eigenvalue weighted by molar-refractivity contribution is 0.604. The predicted molar refractivity (Wildman–Crippen MR) is 103 cm³/mol. The standard InChI is InChI=1S/C16H17FN4S.HI/c1-19-16(20-7-6-14-3-2-8-22-14)21-11-13-5-4-12(10-18)9-15(13)17;/h2-5,8-9H,6-7,11H2,1H3,(H2,19,20,21);1H. The number of guanidine groups is 1. The first-order valence-electron chi connectivity index (χ1n) is 6.88. The molecule has 7 heteroatoms. The number of rotatable bonds is 5. The number of thiophene rings is 1. The Hall–Kier alpha value is -1.66. The average molecular weight is 444 g/mol. The molecule has 0 bridgehead atoms. The monoisotopic (exact) mass is 444 g/mol. The Morgan fingerprint density at radius 3 is 2.78 bits per heavy atom. The Balaban J connectivity index is 0.00000264. The highest BCUT2D eigenvalue weighted by Gasteiger charge is 2.05. The molecule has 0 radical (unpaired) electrons. The Bertz CT molecular complexity index is 680. The van der Waals surface area contributed by atoms with Crippen molar-refractivity contribution in [3.8, 4) is 6.07 Å². The maximum absolute atomic E-state index is 13.8. The van der Waals surface area contributed by atoms with Crippen molar-refractivity contribution in [1.29, 1.82) is 5.26 Å². The molecule has 1 aromatic carbocycles. The largest absolute Gasteiger partial charge is 0.356 e. The van der Waals surface area contributed by atoms with E-state index in [1.165, 1.54) is 10.9 Å². The van der Waals surface area contributed by atoms with Gasteiger partial charge in [-0.2, -0.15) is 5.26 Å². The van der Waals surface area contributed by atoms with Crippen molar-refractivity contribution in [3.63, 3.8) is 0 Å². The van der Waals surface area contributed by atoms with Crippen molar-refractivity contribution in [1.82, 2.24) is 10.6 Å². The summed E-state index contributed by atoms with van der Waals surface area (Å²) in [4.78, 5) is 5.41. The van der Waals surface area contributed by atoms with Crippen molar-refractivity contribution >= 4 is 41.3 Å². The zero-order valence-electron chi connectivity index (χ0n) is 12.7. The first-order valence-corrected chi connectivity index (χ1v) is 7.76. The van der Waals surface area contributed by atoms with Crippen LogP contribution in [0, 0.1) is 17.1 Å². The highest BCUT2D eigenvalue weighted by molar-refractivity contribution is 14.0. The number of halogens is 2. The Morgan fingerprint density at radius 1 is 1.35 bits per heavy atom. The van der Waals surface area contributed by atoms with E-state index in [0.717, 1.165) is 13.0 Å². The summed E-state index contributed by atoms with van der Waals surface area (Å²) in [6, 6.07) is 10.5. The smallest absolute Gasteiger partial charge is 0.191 e. The summed E-state index contributed by atoms with van der Waals surface area (Å²) in [5.41, 5.74) is 0.819. The summed E-state index contributed by atoms with van der Waals surface area (Å²) in [6.45, 7) is 1.08. The summed E-state index contributed by atoms with van der Waals surface area (Å²) in [6.07, 6.45) is 0.920. The quantitative estimate of drug-likeness (QED) is 0.423. The number of nitrogens with one attached hydrogen (secondary N) is 2. The zero-order chi connectivity index (χ0) is 15.8.